The summed E-state index contributed by atoms with van der Waals surface area (Å²) in [6.45, 7) is 4.26. The summed E-state index contributed by atoms with van der Waals surface area (Å²) >= 11 is 1.03. The van der Waals surface area contributed by atoms with Crippen molar-refractivity contribution in [2.45, 2.75) is 30.4 Å². The third-order valence-corrected chi connectivity index (χ3v) is 7.26. The molecule has 23 heavy (non-hydrogen) atoms. The maximum Gasteiger partial charge on any atom is 0.261 e. The van der Waals surface area contributed by atoms with E-state index in [0.29, 0.717) is 43.4 Å². The van der Waals surface area contributed by atoms with Crippen LogP contribution < -0.4 is 11.1 Å². The predicted molar refractivity (Wildman–Crippen MR) is 94.7 cm³/mol. The minimum absolute atomic E-state index is 0. The SMILES string of the molecule is CC1CCN(S(=O)(=O)c2ccc(C(=O)NCCCN)s2)CC1.Cl. The normalized spacial score (nSPS) is 16.8. The monoisotopic (exact) mass is 381 g/mol. The Morgan fingerprint density at radius 2 is 2.04 bits per heavy atom. The fourth-order valence-corrected chi connectivity index (χ4v) is 5.17. The van der Waals surface area contributed by atoms with Gasteiger partial charge >= 0.3 is 0 Å². The second-order valence-corrected chi connectivity index (χ2v) is 8.85. The van der Waals surface area contributed by atoms with Gasteiger partial charge in [-0.05, 0) is 43.9 Å². The molecule has 132 valence electrons. The fraction of sp³-hybridized carbons (Fsp3) is 0.643. The number of thiophene rings is 1. The molecule has 0 radical (unpaired) electrons. The second-order valence-electron chi connectivity index (χ2n) is 5.60. The number of hydrogen-bond acceptors (Lipinski definition) is 5. The molecular formula is C14H24ClN3O3S2. The topological polar surface area (TPSA) is 92.5 Å². The maximum absolute atomic E-state index is 12.6. The number of nitrogens with two attached hydrogens (primary N) is 1. The van der Waals surface area contributed by atoms with Crippen molar-refractivity contribution in [3.63, 3.8) is 0 Å². The second kappa shape index (κ2) is 8.98. The van der Waals surface area contributed by atoms with Gasteiger partial charge in [0.15, 0.2) is 0 Å². The maximum atomic E-state index is 12.6. The molecule has 3 N–H and O–H groups in total. The molecule has 0 saturated carbocycles. The van der Waals surface area contributed by atoms with Crippen LogP contribution in [0.5, 0.6) is 0 Å². The molecule has 1 aliphatic heterocycles. The van der Waals surface area contributed by atoms with Crippen molar-refractivity contribution in [3.8, 4) is 0 Å². The molecule has 1 aromatic heterocycles. The fourth-order valence-electron chi connectivity index (χ4n) is 2.32. The van der Waals surface area contributed by atoms with Crippen molar-refractivity contribution in [2.24, 2.45) is 11.7 Å². The van der Waals surface area contributed by atoms with Crippen LogP contribution in [-0.4, -0.2) is 44.8 Å². The predicted octanol–water partition coefficient (Wildman–Crippen LogP) is 1.67. The van der Waals surface area contributed by atoms with Crippen LogP contribution in [0.25, 0.3) is 0 Å². The van der Waals surface area contributed by atoms with Gasteiger partial charge in [-0.15, -0.1) is 23.7 Å². The summed E-state index contributed by atoms with van der Waals surface area (Å²) in [5, 5.41) is 2.73. The van der Waals surface area contributed by atoms with Gasteiger partial charge in [0, 0.05) is 19.6 Å². The molecule has 0 spiro atoms. The zero-order chi connectivity index (χ0) is 16.2. The average Bonchev–Trinajstić information content (AvgIpc) is 2.98. The number of rotatable bonds is 6. The first-order valence-electron chi connectivity index (χ1n) is 7.53. The van der Waals surface area contributed by atoms with Gasteiger partial charge in [0.2, 0.25) is 0 Å². The summed E-state index contributed by atoms with van der Waals surface area (Å²) in [4.78, 5) is 12.3. The van der Waals surface area contributed by atoms with Gasteiger partial charge in [-0.2, -0.15) is 4.31 Å². The molecule has 0 aromatic carbocycles. The molecule has 0 bridgehead atoms. The van der Waals surface area contributed by atoms with E-state index in [2.05, 4.69) is 12.2 Å². The first-order chi connectivity index (χ1) is 10.4. The number of amides is 1. The van der Waals surface area contributed by atoms with Crippen LogP contribution in [0.4, 0.5) is 0 Å². The molecular weight excluding hydrogens is 358 g/mol. The molecule has 2 heterocycles. The Bertz CT molecular complexity index is 611. The number of carbonyl (C=O) groups is 1. The third kappa shape index (κ3) is 5.15. The van der Waals surface area contributed by atoms with Crippen LogP contribution in [0.1, 0.15) is 35.9 Å². The summed E-state index contributed by atoms with van der Waals surface area (Å²) in [5.41, 5.74) is 5.37. The lowest BCUT2D eigenvalue weighted by atomic mass is 10.0. The Hall–Kier alpha value is -0.670. The van der Waals surface area contributed by atoms with Crippen molar-refractivity contribution in [3.05, 3.63) is 17.0 Å². The lowest BCUT2D eigenvalue weighted by molar-refractivity contribution is 0.0957. The van der Waals surface area contributed by atoms with Crippen molar-refractivity contribution in [2.75, 3.05) is 26.2 Å². The van der Waals surface area contributed by atoms with Gasteiger partial charge in [0.1, 0.15) is 4.21 Å². The van der Waals surface area contributed by atoms with E-state index in [9.17, 15) is 13.2 Å². The Labute approximate surface area is 147 Å². The van der Waals surface area contributed by atoms with Gasteiger partial charge < -0.3 is 11.1 Å². The van der Waals surface area contributed by atoms with Gasteiger partial charge in [0.25, 0.3) is 15.9 Å². The molecule has 1 aromatic rings. The standard InChI is InChI=1S/C14H23N3O3S2.ClH/c1-11-5-9-17(10-6-11)22(19,20)13-4-3-12(21-13)14(18)16-8-2-7-15;/h3-4,11H,2,5-10,15H2,1H3,(H,16,18);1H. The smallest absolute Gasteiger partial charge is 0.261 e. The Balaban J connectivity index is 0.00000264. The summed E-state index contributed by atoms with van der Waals surface area (Å²) in [6.07, 6.45) is 2.47. The number of sulfonamides is 1. The molecule has 1 aliphatic rings. The van der Waals surface area contributed by atoms with E-state index in [1.165, 1.54) is 10.4 Å². The molecule has 9 heteroatoms. The molecule has 0 atom stereocenters. The zero-order valence-electron chi connectivity index (χ0n) is 13.2. The molecule has 1 amide bonds. The van der Waals surface area contributed by atoms with Crippen LogP contribution in [0.15, 0.2) is 16.3 Å². The molecule has 2 rings (SSSR count). The molecule has 6 nitrogen and oxygen atoms in total. The number of piperidine rings is 1. The van der Waals surface area contributed by atoms with Crippen molar-refractivity contribution in [1.29, 1.82) is 0 Å². The molecule has 0 unspecified atom stereocenters. The Kier molecular flexibility index (Phi) is 7.96. The van der Waals surface area contributed by atoms with Crippen molar-refractivity contribution < 1.29 is 13.2 Å². The van der Waals surface area contributed by atoms with Crippen LogP contribution in [0, 0.1) is 5.92 Å². The minimum Gasteiger partial charge on any atom is -0.351 e. The van der Waals surface area contributed by atoms with Gasteiger partial charge in [-0.25, -0.2) is 8.42 Å². The first-order valence-corrected chi connectivity index (χ1v) is 9.79. The summed E-state index contributed by atoms with van der Waals surface area (Å²) < 4.78 is 26.9. The minimum atomic E-state index is -3.47. The van der Waals surface area contributed by atoms with E-state index in [1.54, 1.807) is 6.07 Å². The highest BCUT2D eigenvalue weighted by Gasteiger charge is 2.29. The zero-order valence-corrected chi connectivity index (χ0v) is 15.6. The number of nitrogens with zero attached hydrogens (tertiary/aromatic N) is 1. The van der Waals surface area contributed by atoms with Crippen LogP contribution in [0.2, 0.25) is 0 Å². The number of nitrogens with one attached hydrogen (secondary N) is 1. The Morgan fingerprint density at radius 1 is 1.39 bits per heavy atom. The molecule has 0 aliphatic carbocycles. The van der Waals surface area contributed by atoms with E-state index in [1.807, 2.05) is 0 Å². The van der Waals surface area contributed by atoms with E-state index < -0.39 is 10.0 Å². The van der Waals surface area contributed by atoms with E-state index in [0.717, 1.165) is 24.2 Å². The molecule has 1 saturated heterocycles. The number of hydrogen-bond donors (Lipinski definition) is 2. The van der Waals surface area contributed by atoms with Gasteiger partial charge in [0.05, 0.1) is 4.88 Å². The number of halogens is 1. The van der Waals surface area contributed by atoms with E-state index >= 15 is 0 Å². The lowest BCUT2D eigenvalue weighted by Crippen LogP contribution is -2.37. The van der Waals surface area contributed by atoms with E-state index in [-0.39, 0.29) is 22.5 Å². The first kappa shape index (κ1) is 20.4. The highest BCUT2D eigenvalue weighted by Crippen LogP contribution is 2.28. The lowest BCUT2D eigenvalue weighted by Gasteiger charge is -2.28. The summed E-state index contributed by atoms with van der Waals surface area (Å²) in [6, 6.07) is 3.10. The van der Waals surface area contributed by atoms with Crippen molar-refractivity contribution >= 4 is 39.7 Å². The van der Waals surface area contributed by atoms with Crippen molar-refractivity contribution in [1.82, 2.24) is 9.62 Å². The highest BCUT2D eigenvalue weighted by molar-refractivity contribution is 7.91. The van der Waals surface area contributed by atoms with Gasteiger partial charge in [-0.3, -0.25) is 4.79 Å². The van der Waals surface area contributed by atoms with Crippen LogP contribution >= 0.6 is 23.7 Å². The highest BCUT2D eigenvalue weighted by atomic mass is 35.5. The van der Waals surface area contributed by atoms with Crippen LogP contribution in [-0.2, 0) is 10.0 Å². The van der Waals surface area contributed by atoms with Gasteiger partial charge in [-0.1, -0.05) is 6.92 Å². The van der Waals surface area contributed by atoms with E-state index in [4.69, 9.17) is 5.73 Å². The summed E-state index contributed by atoms with van der Waals surface area (Å²) in [5.74, 6) is 0.325. The Morgan fingerprint density at radius 3 is 2.65 bits per heavy atom. The number of carbonyl (C=O) groups excluding carboxylic acids is 1. The summed E-state index contributed by atoms with van der Waals surface area (Å²) in [7, 11) is -3.47. The van der Waals surface area contributed by atoms with Crippen LogP contribution in [0.3, 0.4) is 0 Å². The largest absolute Gasteiger partial charge is 0.351 e. The quantitative estimate of drug-likeness (QED) is 0.733. The average molecular weight is 382 g/mol. The molecule has 1 fully saturated rings. The third-order valence-electron chi connectivity index (χ3n) is 3.81.